The standard InChI is InChI=1S/C26H27NO4S/c1-19(7-5-10-20-8-3-2-4-9-20)23(28)15-12-21-13-17-25(29)27(21)18-6-11-22-14-16-24(32-22)26(30)31/h2-4,6,8-9,11-12,14-16,19,21,23,28H,7,13,17-18H2,1H3,(H,30,31)/t19?,21-,23-/m0/s1. The molecule has 6 heteroatoms. The Balaban J connectivity index is 1.52. The van der Waals surface area contributed by atoms with Crippen molar-refractivity contribution in [2.24, 2.45) is 5.92 Å². The maximum Gasteiger partial charge on any atom is 0.345 e. The zero-order valence-corrected chi connectivity index (χ0v) is 18.8. The number of hydrogen-bond acceptors (Lipinski definition) is 4. The van der Waals surface area contributed by atoms with E-state index in [2.05, 4.69) is 11.8 Å². The summed E-state index contributed by atoms with van der Waals surface area (Å²) >= 11 is 1.20. The number of aromatic carboxylic acids is 1. The van der Waals surface area contributed by atoms with Crippen molar-refractivity contribution >= 4 is 29.3 Å². The summed E-state index contributed by atoms with van der Waals surface area (Å²) in [7, 11) is 0. The Morgan fingerprint density at radius 2 is 2.06 bits per heavy atom. The van der Waals surface area contributed by atoms with Gasteiger partial charge in [-0.3, -0.25) is 4.79 Å². The van der Waals surface area contributed by atoms with Gasteiger partial charge in [0.1, 0.15) is 4.88 Å². The van der Waals surface area contributed by atoms with Crippen molar-refractivity contribution in [3.63, 3.8) is 0 Å². The van der Waals surface area contributed by atoms with E-state index >= 15 is 0 Å². The number of amides is 1. The highest BCUT2D eigenvalue weighted by molar-refractivity contribution is 7.14. The Morgan fingerprint density at radius 1 is 1.28 bits per heavy atom. The third-order valence-corrected chi connectivity index (χ3v) is 6.38. The Kier molecular flexibility index (Phi) is 8.43. The summed E-state index contributed by atoms with van der Waals surface area (Å²) in [5.41, 5.74) is 0.958. The fourth-order valence-electron chi connectivity index (χ4n) is 3.42. The van der Waals surface area contributed by atoms with Gasteiger partial charge < -0.3 is 15.1 Å². The number of thiophene rings is 1. The van der Waals surface area contributed by atoms with Gasteiger partial charge in [-0.1, -0.05) is 55.2 Å². The monoisotopic (exact) mass is 449 g/mol. The minimum absolute atomic E-state index is 0.0184. The van der Waals surface area contributed by atoms with E-state index in [9.17, 15) is 14.7 Å². The zero-order chi connectivity index (χ0) is 22.9. The van der Waals surface area contributed by atoms with Crippen molar-refractivity contribution in [3.05, 3.63) is 76.0 Å². The molecule has 5 nitrogen and oxygen atoms in total. The molecule has 1 fully saturated rings. The number of carboxylic acid groups (broad SMARTS) is 1. The van der Waals surface area contributed by atoms with Gasteiger partial charge in [0.25, 0.3) is 0 Å². The second-order valence-corrected chi connectivity index (χ2v) is 8.90. The molecule has 0 radical (unpaired) electrons. The van der Waals surface area contributed by atoms with Crippen LogP contribution in [-0.4, -0.2) is 45.7 Å². The molecular weight excluding hydrogens is 422 g/mol. The van der Waals surface area contributed by atoms with Gasteiger partial charge in [-0.05, 0) is 42.7 Å². The van der Waals surface area contributed by atoms with E-state index in [0.29, 0.717) is 24.3 Å². The number of carbonyl (C=O) groups excluding carboxylic acids is 1. The first-order chi connectivity index (χ1) is 15.4. The summed E-state index contributed by atoms with van der Waals surface area (Å²) in [6.07, 6.45) is 8.56. The molecule has 32 heavy (non-hydrogen) atoms. The van der Waals surface area contributed by atoms with E-state index in [1.165, 1.54) is 11.3 Å². The maximum atomic E-state index is 12.3. The molecule has 1 aromatic carbocycles. The van der Waals surface area contributed by atoms with Crippen LogP contribution in [-0.2, 0) is 4.79 Å². The summed E-state index contributed by atoms with van der Waals surface area (Å²) in [5.74, 6) is 5.36. The van der Waals surface area contributed by atoms with Gasteiger partial charge >= 0.3 is 5.97 Å². The zero-order valence-electron chi connectivity index (χ0n) is 18.0. The smallest absolute Gasteiger partial charge is 0.345 e. The lowest BCUT2D eigenvalue weighted by Crippen LogP contribution is -2.32. The second kappa shape index (κ2) is 11.5. The molecule has 2 aromatic rings. The lowest BCUT2D eigenvalue weighted by Gasteiger charge is -2.21. The molecule has 0 spiro atoms. The highest BCUT2D eigenvalue weighted by Crippen LogP contribution is 2.22. The van der Waals surface area contributed by atoms with E-state index in [0.717, 1.165) is 16.9 Å². The van der Waals surface area contributed by atoms with Crippen molar-refractivity contribution < 1.29 is 19.8 Å². The molecule has 3 atom stereocenters. The number of rotatable bonds is 8. The van der Waals surface area contributed by atoms with Crippen molar-refractivity contribution in [2.45, 2.75) is 38.3 Å². The predicted molar refractivity (Wildman–Crippen MR) is 127 cm³/mol. The number of nitrogens with zero attached hydrogens (tertiary/aromatic N) is 1. The highest BCUT2D eigenvalue weighted by atomic mass is 32.1. The quantitative estimate of drug-likeness (QED) is 0.461. The molecule has 1 aliphatic heterocycles. The molecule has 2 heterocycles. The van der Waals surface area contributed by atoms with E-state index < -0.39 is 12.1 Å². The third-order valence-electron chi connectivity index (χ3n) is 5.34. The fourth-order valence-corrected chi connectivity index (χ4v) is 4.20. The van der Waals surface area contributed by atoms with Gasteiger partial charge in [0, 0.05) is 29.8 Å². The summed E-state index contributed by atoms with van der Waals surface area (Å²) in [5, 5.41) is 19.5. The van der Waals surface area contributed by atoms with Crippen LogP contribution < -0.4 is 0 Å². The topological polar surface area (TPSA) is 77.8 Å². The third kappa shape index (κ3) is 6.68. The number of carbonyl (C=O) groups is 2. The van der Waals surface area contributed by atoms with Gasteiger partial charge in [0.2, 0.25) is 5.91 Å². The molecule has 1 saturated heterocycles. The van der Waals surface area contributed by atoms with Crippen LogP contribution in [0.2, 0.25) is 0 Å². The lowest BCUT2D eigenvalue weighted by atomic mass is 9.99. The average molecular weight is 450 g/mol. The molecular formula is C26H27NO4S. The van der Waals surface area contributed by atoms with Crippen LogP contribution >= 0.6 is 11.3 Å². The van der Waals surface area contributed by atoms with E-state index in [4.69, 9.17) is 5.11 Å². The Hall–Kier alpha value is -3.14. The first kappa shape index (κ1) is 23.5. The summed E-state index contributed by atoms with van der Waals surface area (Å²) in [4.78, 5) is 26.2. The van der Waals surface area contributed by atoms with Gasteiger partial charge in [0.05, 0.1) is 12.1 Å². The SMILES string of the molecule is CC(CC#Cc1ccccc1)[C@@H](O)C=C[C@H]1CCC(=O)N1CC=Cc1ccc(C(=O)O)s1. The van der Waals surface area contributed by atoms with Crippen molar-refractivity contribution in [1.82, 2.24) is 4.90 Å². The molecule has 1 amide bonds. The van der Waals surface area contributed by atoms with E-state index in [1.54, 1.807) is 23.1 Å². The maximum absolute atomic E-state index is 12.3. The average Bonchev–Trinajstić information content (AvgIpc) is 3.40. The number of hydrogen-bond donors (Lipinski definition) is 2. The van der Waals surface area contributed by atoms with Gasteiger partial charge in [-0.25, -0.2) is 4.79 Å². The largest absolute Gasteiger partial charge is 0.477 e. The van der Waals surface area contributed by atoms with Gasteiger partial charge in [-0.15, -0.1) is 11.3 Å². The molecule has 1 aliphatic rings. The second-order valence-electron chi connectivity index (χ2n) is 7.79. The first-order valence-electron chi connectivity index (χ1n) is 10.6. The van der Waals surface area contributed by atoms with E-state index in [1.807, 2.05) is 55.5 Å². The molecule has 0 bridgehead atoms. The number of aliphatic hydroxyl groups is 1. The van der Waals surface area contributed by atoms with Crippen molar-refractivity contribution in [2.75, 3.05) is 6.54 Å². The molecule has 0 saturated carbocycles. The predicted octanol–water partition coefficient (Wildman–Crippen LogP) is 4.45. The molecule has 1 aromatic heterocycles. The first-order valence-corrected chi connectivity index (χ1v) is 11.4. The molecule has 166 valence electrons. The lowest BCUT2D eigenvalue weighted by molar-refractivity contribution is -0.127. The number of benzene rings is 1. The van der Waals surface area contributed by atoms with Crippen LogP contribution in [0.1, 0.15) is 46.3 Å². The normalized spacial score (nSPS) is 18.1. The molecule has 3 rings (SSSR count). The Labute approximate surface area is 192 Å². The summed E-state index contributed by atoms with van der Waals surface area (Å²) in [6.45, 7) is 2.41. The van der Waals surface area contributed by atoms with Gasteiger partial charge in [-0.2, -0.15) is 0 Å². The van der Waals surface area contributed by atoms with Crippen LogP contribution in [0, 0.1) is 17.8 Å². The number of carboxylic acids is 1. The minimum Gasteiger partial charge on any atom is -0.477 e. The Bertz CT molecular complexity index is 1040. The van der Waals surface area contributed by atoms with Crippen LogP contribution in [0.4, 0.5) is 0 Å². The van der Waals surface area contributed by atoms with Crippen molar-refractivity contribution in [3.8, 4) is 11.8 Å². The number of likely N-dealkylation sites (tertiary alicyclic amines) is 1. The van der Waals surface area contributed by atoms with Crippen molar-refractivity contribution in [1.29, 1.82) is 0 Å². The number of aliphatic hydroxyl groups excluding tert-OH is 1. The summed E-state index contributed by atoms with van der Waals surface area (Å²) < 4.78 is 0. The molecule has 1 unspecified atom stereocenters. The van der Waals surface area contributed by atoms with E-state index in [-0.39, 0.29) is 17.9 Å². The van der Waals surface area contributed by atoms with Crippen LogP contribution in [0.25, 0.3) is 6.08 Å². The molecule has 0 aliphatic carbocycles. The Morgan fingerprint density at radius 3 is 2.78 bits per heavy atom. The summed E-state index contributed by atoms with van der Waals surface area (Å²) in [6, 6.07) is 13.0. The van der Waals surface area contributed by atoms with Crippen LogP contribution in [0.3, 0.4) is 0 Å². The van der Waals surface area contributed by atoms with Gasteiger partial charge in [0.15, 0.2) is 0 Å². The minimum atomic E-state index is -0.937. The highest BCUT2D eigenvalue weighted by Gasteiger charge is 2.28. The molecule has 2 N–H and O–H groups in total. The van der Waals surface area contributed by atoms with Crippen LogP contribution in [0.15, 0.2) is 60.7 Å². The van der Waals surface area contributed by atoms with Crippen LogP contribution in [0.5, 0.6) is 0 Å². The fraction of sp³-hybridized carbons (Fsp3) is 0.308.